The van der Waals surface area contributed by atoms with E-state index in [9.17, 15) is 4.79 Å². The largest absolute Gasteiger partial charge is 0.338 e. The van der Waals surface area contributed by atoms with Gasteiger partial charge in [-0.05, 0) is 49.1 Å². The van der Waals surface area contributed by atoms with Crippen molar-refractivity contribution >= 4 is 5.91 Å². The van der Waals surface area contributed by atoms with Crippen LogP contribution in [0.4, 0.5) is 0 Å². The standard InChI is InChI=1S/C26H29N5O/c27-15-21-8-10-23(11-9-21)19-31-20-29-17-25(31)16-28-13-4-7-24-12-14-30(26(24)32)18-22-5-2-1-3-6-22/h1-3,5-6,8-11,17,20,24,28H,4,7,12-14,16,18-19H2/t24-/m0/s1. The van der Waals surface area contributed by atoms with E-state index in [2.05, 4.69) is 33.1 Å². The molecular weight excluding hydrogens is 398 g/mol. The van der Waals surface area contributed by atoms with E-state index in [1.54, 1.807) is 0 Å². The zero-order chi connectivity index (χ0) is 22.2. The molecule has 1 saturated heterocycles. The fourth-order valence-corrected chi connectivity index (χ4v) is 4.24. The van der Waals surface area contributed by atoms with Gasteiger partial charge in [0.25, 0.3) is 0 Å². The summed E-state index contributed by atoms with van der Waals surface area (Å²) < 4.78 is 2.12. The fraction of sp³-hybridized carbons (Fsp3) is 0.346. The quantitative estimate of drug-likeness (QED) is 0.501. The zero-order valence-electron chi connectivity index (χ0n) is 18.3. The first-order chi connectivity index (χ1) is 15.7. The predicted octanol–water partition coefficient (Wildman–Crippen LogP) is 3.72. The Bertz CT molecular complexity index is 1050. The Morgan fingerprint density at radius 1 is 1.06 bits per heavy atom. The summed E-state index contributed by atoms with van der Waals surface area (Å²) in [6, 6.07) is 20.0. The van der Waals surface area contributed by atoms with Gasteiger partial charge in [0.15, 0.2) is 0 Å². The Morgan fingerprint density at radius 2 is 1.84 bits per heavy atom. The number of hydrogen-bond donors (Lipinski definition) is 1. The van der Waals surface area contributed by atoms with E-state index in [0.29, 0.717) is 11.5 Å². The van der Waals surface area contributed by atoms with Crippen molar-refractivity contribution in [3.63, 3.8) is 0 Å². The van der Waals surface area contributed by atoms with Gasteiger partial charge in [-0.3, -0.25) is 4.79 Å². The average molecular weight is 428 g/mol. The second kappa shape index (κ2) is 10.7. The summed E-state index contributed by atoms with van der Waals surface area (Å²) in [6.45, 7) is 3.94. The molecule has 32 heavy (non-hydrogen) atoms. The number of amides is 1. The van der Waals surface area contributed by atoms with Gasteiger partial charge in [0.05, 0.1) is 23.7 Å². The first kappa shape index (κ1) is 21.8. The molecule has 0 saturated carbocycles. The molecule has 1 atom stereocenters. The molecule has 0 spiro atoms. The van der Waals surface area contributed by atoms with Crippen molar-refractivity contribution in [3.05, 3.63) is 89.5 Å². The van der Waals surface area contributed by atoms with E-state index in [1.807, 2.05) is 59.9 Å². The maximum absolute atomic E-state index is 12.7. The van der Waals surface area contributed by atoms with E-state index in [4.69, 9.17) is 5.26 Å². The Kier molecular flexibility index (Phi) is 7.31. The number of benzene rings is 2. The van der Waals surface area contributed by atoms with Crippen LogP contribution in [0, 0.1) is 17.2 Å². The highest BCUT2D eigenvalue weighted by molar-refractivity contribution is 5.80. The number of hydrogen-bond acceptors (Lipinski definition) is 4. The van der Waals surface area contributed by atoms with Crippen molar-refractivity contribution in [1.29, 1.82) is 5.26 Å². The lowest BCUT2D eigenvalue weighted by molar-refractivity contribution is -0.131. The molecule has 164 valence electrons. The van der Waals surface area contributed by atoms with Crippen molar-refractivity contribution in [2.75, 3.05) is 13.1 Å². The first-order valence-corrected chi connectivity index (χ1v) is 11.2. The number of nitriles is 1. The fourth-order valence-electron chi connectivity index (χ4n) is 4.24. The zero-order valence-corrected chi connectivity index (χ0v) is 18.3. The summed E-state index contributed by atoms with van der Waals surface area (Å²) in [5.41, 5.74) is 4.13. The maximum Gasteiger partial charge on any atom is 0.226 e. The number of carbonyl (C=O) groups excluding carboxylic acids is 1. The van der Waals surface area contributed by atoms with Gasteiger partial charge in [-0.15, -0.1) is 0 Å². The lowest BCUT2D eigenvalue weighted by Gasteiger charge is -2.17. The van der Waals surface area contributed by atoms with Crippen LogP contribution in [0.2, 0.25) is 0 Å². The molecule has 1 aliphatic rings. The monoisotopic (exact) mass is 427 g/mol. The molecule has 0 aliphatic carbocycles. The van der Waals surface area contributed by atoms with Crippen LogP contribution in [0.5, 0.6) is 0 Å². The van der Waals surface area contributed by atoms with Crippen molar-refractivity contribution < 1.29 is 4.79 Å². The van der Waals surface area contributed by atoms with Crippen LogP contribution in [0.15, 0.2) is 67.1 Å². The number of likely N-dealkylation sites (tertiary alicyclic amines) is 1. The Balaban J connectivity index is 1.17. The molecule has 0 bridgehead atoms. The number of nitrogens with one attached hydrogen (secondary N) is 1. The molecule has 1 fully saturated rings. The summed E-state index contributed by atoms with van der Waals surface area (Å²) in [6.07, 6.45) is 6.61. The molecule has 1 N–H and O–H groups in total. The van der Waals surface area contributed by atoms with Gasteiger partial charge >= 0.3 is 0 Å². The smallest absolute Gasteiger partial charge is 0.226 e. The Morgan fingerprint density at radius 3 is 2.62 bits per heavy atom. The minimum atomic E-state index is 0.155. The van der Waals surface area contributed by atoms with Crippen LogP contribution in [0.25, 0.3) is 0 Å². The van der Waals surface area contributed by atoms with Crippen LogP contribution in [-0.2, 0) is 24.4 Å². The summed E-state index contributed by atoms with van der Waals surface area (Å²) in [5, 5.41) is 12.4. The maximum atomic E-state index is 12.7. The van der Waals surface area contributed by atoms with Gasteiger partial charge in [0, 0.05) is 38.3 Å². The second-order valence-electron chi connectivity index (χ2n) is 8.37. The van der Waals surface area contributed by atoms with Crippen LogP contribution < -0.4 is 5.32 Å². The first-order valence-electron chi connectivity index (χ1n) is 11.2. The third kappa shape index (κ3) is 5.63. The van der Waals surface area contributed by atoms with Gasteiger partial charge in [0.1, 0.15) is 0 Å². The molecule has 2 aromatic carbocycles. The van der Waals surface area contributed by atoms with Crippen molar-refractivity contribution in [2.45, 2.75) is 38.9 Å². The van der Waals surface area contributed by atoms with Crippen LogP contribution in [-0.4, -0.2) is 33.4 Å². The van der Waals surface area contributed by atoms with Crippen molar-refractivity contribution in [2.24, 2.45) is 5.92 Å². The molecule has 0 unspecified atom stereocenters. The minimum absolute atomic E-state index is 0.155. The van der Waals surface area contributed by atoms with Gasteiger partial charge in [-0.2, -0.15) is 5.26 Å². The van der Waals surface area contributed by atoms with Gasteiger partial charge in [0.2, 0.25) is 5.91 Å². The van der Waals surface area contributed by atoms with E-state index >= 15 is 0 Å². The van der Waals surface area contributed by atoms with E-state index in [1.165, 1.54) is 5.56 Å². The topological polar surface area (TPSA) is 74.0 Å². The lowest BCUT2D eigenvalue weighted by atomic mass is 10.0. The summed E-state index contributed by atoms with van der Waals surface area (Å²) >= 11 is 0. The van der Waals surface area contributed by atoms with Crippen molar-refractivity contribution in [3.8, 4) is 6.07 Å². The van der Waals surface area contributed by atoms with Crippen LogP contribution in [0.1, 0.15) is 41.6 Å². The molecule has 6 nitrogen and oxygen atoms in total. The average Bonchev–Trinajstić information content (AvgIpc) is 3.41. The number of nitrogens with zero attached hydrogens (tertiary/aromatic N) is 4. The predicted molar refractivity (Wildman–Crippen MR) is 123 cm³/mol. The molecule has 4 rings (SSSR count). The second-order valence-corrected chi connectivity index (χ2v) is 8.37. The highest BCUT2D eigenvalue weighted by Crippen LogP contribution is 2.24. The number of aromatic nitrogens is 2. The lowest BCUT2D eigenvalue weighted by Crippen LogP contribution is -2.27. The third-order valence-corrected chi connectivity index (χ3v) is 6.07. The molecule has 6 heteroatoms. The normalized spacial score (nSPS) is 15.8. The van der Waals surface area contributed by atoms with E-state index < -0.39 is 0 Å². The van der Waals surface area contributed by atoms with Crippen molar-refractivity contribution in [1.82, 2.24) is 19.8 Å². The Hall–Kier alpha value is -3.43. The molecule has 1 aliphatic heterocycles. The number of imidazole rings is 1. The number of carbonyl (C=O) groups is 1. The SMILES string of the molecule is N#Cc1ccc(Cn2cncc2CNCCC[C@H]2CCN(Cc3ccccc3)C2=O)cc1. The van der Waals surface area contributed by atoms with Gasteiger partial charge < -0.3 is 14.8 Å². The van der Waals surface area contributed by atoms with Crippen LogP contribution in [0.3, 0.4) is 0 Å². The molecule has 0 radical (unpaired) electrons. The molecule has 2 heterocycles. The summed E-state index contributed by atoms with van der Waals surface area (Å²) in [5.74, 6) is 0.455. The molecule has 3 aromatic rings. The van der Waals surface area contributed by atoms with E-state index in [0.717, 1.165) is 63.2 Å². The molecular formula is C26H29N5O. The van der Waals surface area contributed by atoms with Gasteiger partial charge in [-0.1, -0.05) is 42.5 Å². The highest BCUT2D eigenvalue weighted by Gasteiger charge is 2.30. The Labute approximate surface area is 189 Å². The van der Waals surface area contributed by atoms with Crippen LogP contribution >= 0.6 is 0 Å². The summed E-state index contributed by atoms with van der Waals surface area (Å²) in [4.78, 5) is 19.0. The third-order valence-electron chi connectivity index (χ3n) is 6.07. The van der Waals surface area contributed by atoms with Gasteiger partial charge in [-0.25, -0.2) is 4.98 Å². The summed E-state index contributed by atoms with van der Waals surface area (Å²) in [7, 11) is 0. The van der Waals surface area contributed by atoms with E-state index in [-0.39, 0.29) is 5.92 Å². The minimum Gasteiger partial charge on any atom is -0.338 e. The molecule has 1 amide bonds. The highest BCUT2D eigenvalue weighted by atomic mass is 16.2. The number of rotatable bonds is 10. The molecule has 1 aromatic heterocycles.